The van der Waals surface area contributed by atoms with Gasteiger partial charge in [0.05, 0.1) is 11.6 Å². The Morgan fingerprint density at radius 3 is 3.00 bits per heavy atom. The van der Waals surface area contributed by atoms with E-state index in [1.54, 1.807) is 19.5 Å². The van der Waals surface area contributed by atoms with Gasteiger partial charge >= 0.3 is 51.4 Å². The Balaban J connectivity index is 0.000000715. The molecule has 2 N–H and O–H groups in total. The second kappa shape index (κ2) is 12.2. The van der Waals surface area contributed by atoms with E-state index in [0.717, 1.165) is 16.6 Å². The topological polar surface area (TPSA) is 67.0 Å². The number of aromatic amines is 1. The summed E-state index contributed by atoms with van der Waals surface area (Å²) in [6.45, 7) is 3.95. The Morgan fingerprint density at radius 2 is 2.38 bits per heavy atom. The number of fused-ring (bicyclic) bond motifs is 1. The van der Waals surface area contributed by atoms with E-state index in [1.807, 2.05) is 12.1 Å². The second-order valence-electron chi connectivity index (χ2n) is 3.47. The molecule has 0 saturated carbocycles. The molecule has 0 unspecified atom stereocenters. The Hall–Kier alpha value is -0.414. The van der Waals surface area contributed by atoms with Crippen LogP contribution in [0.15, 0.2) is 30.6 Å². The molecule has 21 heavy (non-hydrogen) atoms. The summed E-state index contributed by atoms with van der Waals surface area (Å²) in [6.07, 6.45) is 7.56. The van der Waals surface area contributed by atoms with Crippen molar-refractivity contribution in [3.63, 3.8) is 0 Å². The summed E-state index contributed by atoms with van der Waals surface area (Å²) in [5.41, 5.74) is 3.67. The number of rotatable bonds is 4. The molecule has 0 spiro atoms. The summed E-state index contributed by atoms with van der Waals surface area (Å²) in [5.74, 6) is -0.353. The number of amides is 1. The first-order valence-electron chi connectivity index (χ1n) is 5.70. The predicted molar refractivity (Wildman–Crippen MR) is 81.0 cm³/mol. The molecule has 1 amide bonds. The molecule has 0 bridgehead atoms. The molecule has 2 aromatic rings. The van der Waals surface area contributed by atoms with Crippen LogP contribution in [0.3, 0.4) is 0 Å². The van der Waals surface area contributed by atoms with Crippen LogP contribution in [0, 0.1) is 13.0 Å². The van der Waals surface area contributed by atoms with Gasteiger partial charge in [-0.15, -0.1) is 17.7 Å². The first-order chi connectivity index (χ1) is 9.72. The molecule has 7 heteroatoms. The van der Waals surface area contributed by atoms with Crippen molar-refractivity contribution in [1.29, 1.82) is 0 Å². The number of hydrogen-bond donors (Lipinski definition) is 2. The average Bonchev–Trinajstić information content (AvgIpc) is 2.89. The fourth-order valence-electron chi connectivity index (χ4n) is 1.31. The zero-order chi connectivity index (χ0) is 14.8. The SMILES string of the molecule is O=C(C=[C-]c1c[nH]c2ncccc12)N[C-]=S.[CH2-]COC.[K+]. The number of nitrogens with zero attached hydrogens (tertiary/aromatic N) is 1. The van der Waals surface area contributed by atoms with Crippen molar-refractivity contribution in [3.05, 3.63) is 49.2 Å². The van der Waals surface area contributed by atoms with E-state index in [-0.39, 0.29) is 57.3 Å². The van der Waals surface area contributed by atoms with E-state index < -0.39 is 0 Å². The molecule has 0 radical (unpaired) electrons. The molecule has 2 heterocycles. The van der Waals surface area contributed by atoms with Crippen molar-refractivity contribution in [1.82, 2.24) is 15.3 Å². The molecule has 0 aliphatic carbocycles. The maximum absolute atomic E-state index is 11.1. The third-order valence-electron chi connectivity index (χ3n) is 2.19. The van der Waals surface area contributed by atoms with Crippen LogP contribution in [0.5, 0.6) is 0 Å². The molecule has 5 nitrogen and oxygen atoms in total. The van der Waals surface area contributed by atoms with Gasteiger partial charge in [-0.3, -0.25) is 0 Å². The van der Waals surface area contributed by atoms with Gasteiger partial charge in [0.2, 0.25) is 0 Å². The summed E-state index contributed by atoms with van der Waals surface area (Å²) in [6, 6.07) is 3.73. The first-order valence-corrected chi connectivity index (χ1v) is 6.11. The van der Waals surface area contributed by atoms with Gasteiger partial charge in [-0.1, -0.05) is 35.8 Å². The van der Waals surface area contributed by atoms with E-state index in [4.69, 9.17) is 0 Å². The number of carbonyl (C=O) groups excluding carboxylic acids is 1. The number of nitrogens with one attached hydrogen (secondary N) is 2. The number of aromatic nitrogens is 2. The molecule has 0 aliphatic rings. The molecule has 0 atom stereocenters. The standard InChI is InChI=1S/C11H7N3OS.C3H7O.K/c15-10(14-7-16)4-3-8-6-13-11-9(8)2-1-5-12-11;1-3-4-2;/h1-2,4-6H,(H,12,13)(H,14,15,16);1,3H2,2H3;/q-2;-1;+1. The van der Waals surface area contributed by atoms with Gasteiger partial charge < -0.3 is 26.8 Å². The van der Waals surface area contributed by atoms with Crippen LogP contribution in [-0.4, -0.2) is 35.1 Å². The van der Waals surface area contributed by atoms with E-state index >= 15 is 0 Å². The quantitative estimate of drug-likeness (QED) is 0.241. The summed E-state index contributed by atoms with van der Waals surface area (Å²) in [7, 11) is 1.62. The van der Waals surface area contributed by atoms with Gasteiger partial charge in [0.15, 0.2) is 0 Å². The fourth-order valence-corrected chi connectivity index (χ4v) is 1.41. The smallest absolute Gasteiger partial charge is 0.484 e. The van der Waals surface area contributed by atoms with Crippen LogP contribution in [-0.2, 0) is 9.53 Å². The van der Waals surface area contributed by atoms with Crippen molar-refractivity contribution in [2.45, 2.75) is 0 Å². The minimum atomic E-state index is -0.353. The minimum absolute atomic E-state index is 0. The van der Waals surface area contributed by atoms with Gasteiger partial charge in [-0.2, -0.15) is 0 Å². The van der Waals surface area contributed by atoms with E-state index in [2.05, 4.69) is 50.7 Å². The number of carbonyl (C=O) groups is 1. The third-order valence-corrected chi connectivity index (χ3v) is 2.29. The van der Waals surface area contributed by atoms with Crippen molar-refractivity contribution < 1.29 is 60.9 Å². The Kier molecular flexibility index (Phi) is 11.9. The van der Waals surface area contributed by atoms with E-state index in [9.17, 15) is 4.79 Å². The van der Waals surface area contributed by atoms with Gasteiger partial charge in [-0.25, -0.2) is 17.2 Å². The summed E-state index contributed by atoms with van der Waals surface area (Å²) >= 11 is 4.37. The summed E-state index contributed by atoms with van der Waals surface area (Å²) in [5, 5.41) is 3.15. The summed E-state index contributed by atoms with van der Waals surface area (Å²) < 4.78 is 4.43. The van der Waals surface area contributed by atoms with E-state index in [1.165, 1.54) is 6.08 Å². The molecular formula is C14H14KN3O2S-2. The van der Waals surface area contributed by atoms with E-state index in [0.29, 0.717) is 6.61 Å². The number of ether oxygens (including phenoxy) is 1. The van der Waals surface area contributed by atoms with Gasteiger partial charge in [-0.05, 0) is 0 Å². The van der Waals surface area contributed by atoms with Crippen LogP contribution in [0.1, 0.15) is 5.56 Å². The zero-order valence-electron chi connectivity index (χ0n) is 12.0. The van der Waals surface area contributed by atoms with Crippen LogP contribution in [0.2, 0.25) is 0 Å². The van der Waals surface area contributed by atoms with Gasteiger partial charge in [0.1, 0.15) is 0 Å². The van der Waals surface area contributed by atoms with Crippen molar-refractivity contribution in [2.24, 2.45) is 0 Å². The monoisotopic (exact) mass is 327 g/mol. The normalized spacial score (nSPS) is 9.62. The molecule has 106 valence electrons. The zero-order valence-corrected chi connectivity index (χ0v) is 15.9. The molecule has 2 rings (SSSR count). The van der Waals surface area contributed by atoms with Crippen LogP contribution in [0.25, 0.3) is 11.0 Å². The van der Waals surface area contributed by atoms with Crippen molar-refractivity contribution in [3.8, 4) is 0 Å². The molecule has 2 aromatic heterocycles. The van der Waals surface area contributed by atoms with Gasteiger partial charge in [0.25, 0.3) is 0 Å². The maximum atomic E-state index is 11.1. The predicted octanol–water partition coefficient (Wildman–Crippen LogP) is -1.31. The second-order valence-corrected chi connectivity index (χ2v) is 3.68. The molecule has 0 aliphatic heterocycles. The van der Waals surface area contributed by atoms with Gasteiger partial charge in [0, 0.05) is 13.3 Å². The Morgan fingerprint density at radius 1 is 1.67 bits per heavy atom. The molecular weight excluding hydrogens is 313 g/mol. The van der Waals surface area contributed by atoms with Crippen molar-refractivity contribution >= 4 is 34.6 Å². The minimum Gasteiger partial charge on any atom is -0.484 e. The number of H-pyrrole nitrogens is 1. The first kappa shape index (κ1) is 20.6. The largest absolute Gasteiger partial charge is 1.00 e. The Bertz CT molecular complexity index is 597. The fraction of sp³-hybridized carbons (Fsp3) is 0.143. The molecule has 0 aromatic carbocycles. The maximum Gasteiger partial charge on any atom is 1.00 e. The number of hydrogen-bond acceptors (Lipinski definition) is 4. The number of pyridine rings is 1. The molecule has 0 fully saturated rings. The van der Waals surface area contributed by atoms with Crippen LogP contribution < -0.4 is 56.7 Å². The van der Waals surface area contributed by atoms with Crippen molar-refractivity contribution in [2.75, 3.05) is 13.7 Å². The van der Waals surface area contributed by atoms with Crippen LogP contribution in [0.4, 0.5) is 0 Å². The third kappa shape index (κ3) is 7.41. The average molecular weight is 327 g/mol. The molecule has 0 saturated heterocycles. The number of methoxy groups -OCH3 is 1. The summed E-state index contributed by atoms with van der Waals surface area (Å²) in [4.78, 5) is 18.2. The van der Waals surface area contributed by atoms with Crippen LogP contribution >= 0.6 is 12.2 Å². The number of thiocarbonyl (C=S) groups is 1. The Labute approximate surface area is 172 Å².